The predicted molar refractivity (Wildman–Crippen MR) is 74.4 cm³/mol. The molecule has 2 rings (SSSR count). The van der Waals surface area contributed by atoms with E-state index in [-0.39, 0.29) is 5.41 Å². The van der Waals surface area contributed by atoms with Crippen molar-refractivity contribution < 1.29 is 0 Å². The molecule has 0 spiro atoms. The van der Waals surface area contributed by atoms with Crippen LogP contribution in [-0.2, 0) is 11.8 Å². The molecule has 0 aliphatic heterocycles. The van der Waals surface area contributed by atoms with Gasteiger partial charge in [0.25, 0.3) is 0 Å². The second-order valence-corrected chi connectivity index (χ2v) is 6.89. The first-order valence-electron chi connectivity index (χ1n) is 6.33. The van der Waals surface area contributed by atoms with Gasteiger partial charge < -0.3 is 5.73 Å². The summed E-state index contributed by atoms with van der Waals surface area (Å²) in [6.45, 7) is 6.64. The van der Waals surface area contributed by atoms with Crippen molar-refractivity contribution in [3.8, 4) is 0 Å². The van der Waals surface area contributed by atoms with Crippen molar-refractivity contribution in [2.75, 3.05) is 0 Å². The van der Waals surface area contributed by atoms with Crippen molar-refractivity contribution in [1.82, 2.24) is 4.98 Å². The number of rotatable bonds is 2. The minimum absolute atomic E-state index is 0.165. The topological polar surface area (TPSA) is 38.9 Å². The van der Waals surface area contributed by atoms with Crippen LogP contribution in [0.1, 0.15) is 50.7 Å². The lowest BCUT2D eigenvalue weighted by Gasteiger charge is -2.17. The average molecular weight is 250 g/mol. The molecule has 3 heteroatoms. The van der Waals surface area contributed by atoms with Gasteiger partial charge in [-0.3, -0.25) is 0 Å². The van der Waals surface area contributed by atoms with E-state index in [1.807, 2.05) is 0 Å². The average Bonchev–Trinajstić information content (AvgIpc) is 2.69. The van der Waals surface area contributed by atoms with Crippen LogP contribution in [0.15, 0.2) is 17.0 Å². The SMILES string of the molecule is CC(C)(C)c1csc(CC2=CCC(N)CC2)n1. The van der Waals surface area contributed by atoms with E-state index in [0.29, 0.717) is 6.04 Å². The Morgan fingerprint density at radius 3 is 2.76 bits per heavy atom. The summed E-state index contributed by atoms with van der Waals surface area (Å²) in [6, 6.07) is 0.375. The van der Waals surface area contributed by atoms with E-state index in [0.717, 1.165) is 25.7 Å². The van der Waals surface area contributed by atoms with Gasteiger partial charge in [-0.15, -0.1) is 11.3 Å². The molecule has 1 aromatic heterocycles. The Morgan fingerprint density at radius 2 is 2.24 bits per heavy atom. The molecule has 17 heavy (non-hydrogen) atoms. The normalized spacial score (nSPS) is 21.4. The van der Waals surface area contributed by atoms with E-state index < -0.39 is 0 Å². The predicted octanol–water partition coefficient (Wildman–Crippen LogP) is 3.42. The molecule has 94 valence electrons. The maximum absolute atomic E-state index is 5.89. The van der Waals surface area contributed by atoms with Gasteiger partial charge in [-0.1, -0.05) is 32.4 Å². The maximum atomic E-state index is 5.89. The molecule has 1 heterocycles. The summed E-state index contributed by atoms with van der Waals surface area (Å²) in [4.78, 5) is 4.74. The quantitative estimate of drug-likeness (QED) is 0.817. The zero-order chi connectivity index (χ0) is 12.5. The standard InChI is InChI=1S/C14H22N2S/c1-14(2,3)12-9-17-13(16-12)8-10-4-6-11(15)7-5-10/h4,9,11H,5-8,15H2,1-3H3. The lowest BCUT2D eigenvalue weighted by molar-refractivity contribution is 0.568. The third-order valence-electron chi connectivity index (χ3n) is 3.24. The summed E-state index contributed by atoms with van der Waals surface area (Å²) < 4.78 is 0. The summed E-state index contributed by atoms with van der Waals surface area (Å²) in [5, 5.41) is 3.45. The summed E-state index contributed by atoms with van der Waals surface area (Å²) in [5.74, 6) is 0. The first-order valence-corrected chi connectivity index (χ1v) is 7.21. The van der Waals surface area contributed by atoms with Crippen LogP contribution in [0.25, 0.3) is 0 Å². The number of allylic oxidation sites excluding steroid dienone is 1. The number of thiazole rings is 1. The van der Waals surface area contributed by atoms with Crippen molar-refractivity contribution in [1.29, 1.82) is 0 Å². The van der Waals surface area contributed by atoms with E-state index >= 15 is 0 Å². The Hall–Kier alpha value is -0.670. The molecule has 0 aromatic carbocycles. The molecule has 0 radical (unpaired) electrons. The fraction of sp³-hybridized carbons (Fsp3) is 0.643. The summed E-state index contributed by atoms with van der Waals surface area (Å²) in [7, 11) is 0. The highest BCUT2D eigenvalue weighted by Crippen LogP contribution is 2.27. The van der Waals surface area contributed by atoms with Gasteiger partial charge in [0.05, 0.1) is 10.7 Å². The van der Waals surface area contributed by atoms with Gasteiger partial charge in [-0.25, -0.2) is 4.98 Å². The van der Waals surface area contributed by atoms with Crippen LogP contribution < -0.4 is 5.73 Å². The third kappa shape index (κ3) is 3.39. The third-order valence-corrected chi connectivity index (χ3v) is 4.09. The molecule has 0 amide bonds. The fourth-order valence-corrected chi connectivity index (χ4v) is 3.07. The molecule has 1 atom stereocenters. The number of nitrogens with two attached hydrogens (primary N) is 1. The molecular weight excluding hydrogens is 228 g/mol. The summed E-state index contributed by atoms with van der Waals surface area (Å²) >= 11 is 1.79. The molecular formula is C14H22N2S. The molecule has 0 saturated carbocycles. The second kappa shape index (κ2) is 4.91. The van der Waals surface area contributed by atoms with Crippen molar-refractivity contribution in [2.45, 2.75) is 57.9 Å². The number of hydrogen-bond acceptors (Lipinski definition) is 3. The molecule has 1 aliphatic rings. The largest absolute Gasteiger partial charge is 0.327 e. The van der Waals surface area contributed by atoms with Gasteiger partial charge in [-0.2, -0.15) is 0 Å². The van der Waals surface area contributed by atoms with Gasteiger partial charge in [-0.05, 0) is 19.3 Å². The van der Waals surface area contributed by atoms with Gasteiger partial charge in [0.1, 0.15) is 0 Å². The minimum Gasteiger partial charge on any atom is -0.327 e. The fourth-order valence-electron chi connectivity index (χ4n) is 2.00. The van der Waals surface area contributed by atoms with E-state index in [9.17, 15) is 0 Å². The summed E-state index contributed by atoms with van der Waals surface area (Å²) in [5.41, 5.74) is 8.79. The molecule has 0 saturated heterocycles. The molecule has 2 N–H and O–H groups in total. The van der Waals surface area contributed by atoms with Crippen LogP contribution in [0.5, 0.6) is 0 Å². The van der Waals surface area contributed by atoms with E-state index in [1.54, 1.807) is 11.3 Å². The Labute approximate surface area is 108 Å². The highest BCUT2D eigenvalue weighted by atomic mass is 32.1. The Morgan fingerprint density at radius 1 is 1.47 bits per heavy atom. The Kier molecular flexibility index (Phi) is 3.69. The van der Waals surface area contributed by atoms with Crippen LogP contribution in [-0.4, -0.2) is 11.0 Å². The molecule has 1 unspecified atom stereocenters. The van der Waals surface area contributed by atoms with Gasteiger partial charge in [0.2, 0.25) is 0 Å². The van der Waals surface area contributed by atoms with Crippen molar-refractivity contribution in [3.05, 3.63) is 27.7 Å². The van der Waals surface area contributed by atoms with E-state index in [1.165, 1.54) is 16.3 Å². The Bertz CT molecular complexity index is 412. The molecule has 1 aromatic rings. The van der Waals surface area contributed by atoms with E-state index in [4.69, 9.17) is 10.7 Å². The highest BCUT2D eigenvalue weighted by Gasteiger charge is 2.18. The van der Waals surface area contributed by atoms with Crippen LogP contribution >= 0.6 is 11.3 Å². The molecule has 1 aliphatic carbocycles. The number of aromatic nitrogens is 1. The maximum Gasteiger partial charge on any atom is 0.0969 e. The zero-order valence-corrected chi connectivity index (χ0v) is 11.8. The van der Waals surface area contributed by atoms with Gasteiger partial charge in [0, 0.05) is 23.3 Å². The Balaban J connectivity index is 2.02. The van der Waals surface area contributed by atoms with E-state index in [2.05, 4.69) is 32.2 Å². The summed E-state index contributed by atoms with van der Waals surface area (Å²) in [6.07, 6.45) is 6.64. The highest BCUT2D eigenvalue weighted by molar-refractivity contribution is 7.09. The number of nitrogens with zero attached hydrogens (tertiary/aromatic N) is 1. The lowest BCUT2D eigenvalue weighted by atomic mass is 9.93. The van der Waals surface area contributed by atoms with Crippen LogP contribution in [0.2, 0.25) is 0 Å². The monoisotopic (exact) mass is 250 g/mol. The first kappa shape index (κ1) is 12.8. The van der Waals surface area contributed by atoms with Crippen LogP contribution in [0.4, 0.5) is 0 Å². The van der Waals surface area contributed by atoms with Crippen molar-refractivity contribution in [3.63, 3.8) is 0 Å². The smallest absolute Gasteiger partial charge is 0.0969 e. The molecule has 0 fully saturated rings. The minimum atomic E-state index is 0.165. The van der Waals surface area contributed by atoms with Crippen LogP contribution in [0.3, 0.4) is 0 Å². The second-order valence-electron chi connectivity index (χ2n) is 5.95. The first-order chi connectivity index (χ1) is 7.95. The van der Waals surface area contributed by atoms with Gasteiger partial charge in [0.15, 0.2) is 0 Å². The number of hydrogen-bond donors (Lipinski definition) is 1. The van der Waals surface area contributed by atoms with Gasteiger partial charge >= 0.3 is 0 Å². The van der Waals surface area contributed by atoms with Crippen molar-refractivity contribution in [2.24, 2.45) is 5.73 Å². The molecule has 2 nitrogen and oxygen atoms in total. The van der Waals surface area contributed by atoms with Crippen LogP contribution in [0, 0.1) is 0 Å². The zero-order valence-electron chi connectivity index (χ0n) is 11.0. The lowest BCUT2D eigenvalue weighted by Crippen LogP contribution is -2.22. The van der Waals surface area contributed by atoms with Crippen molar-refractivity contribution >= 4 is 11.3 Å². The molecule has 0 bridgehead atoms.